The normalized spacial score (nSPS) is 22.9. The predicted molar refractivity (Wildman–Crippen MR) is 57.7 cm³/mol. The van der Waals surface area contributed by atoms with Crippen LogP contribution in [-0.2, 0) is 0 Å². The van der Waals surface area contributed by atoms with E-state index in [1.165, 1.54) is 24.3 Å². The first-order valence-corrected chi connectivity index (χ1v) is 5.13. The molecule has 4 heteroatoms. The van der Waals surface area contributed by atoms with Gasteiger partial charge >= 0.3 is 0 Å². The van der Waals surface area contributed by atoms with Crippen LogP contribution in [0, 0.1) is 6.92 Å². The van der Waals surface area contributed by atoms with E-state index in [-0.39, 0.29) is 0 Å². The number of H-pyrrole nitrogens is 1. The zero-order chi connectivity index (χ0) is 10.1. The minimum absolute atomic E-state index is 0.590. The van der Waals surface area contributed by atoms with E-state index in [4.69, 9.17) is 0 Å². The predicted octanol–water partition coefficient (Wildman–Crippen LogP) is 1.18. The summed E-state index contributed by atoms with van der Waals surface area (Å²) in [4.78, 5) is 2.36. The lowest BCUT2D eigenvalue weighted by atomic mass is 10.0. The first-order valence-electron chi connectivity index (χ1n) is 5.13. The van der Waals surface area contributed by atoms with Crippen molar-refractivity contribution in [1.82, 2.24) is 15.1 Å². The molecular weight excluding hydrogens is 176 g/mol. The largest absolute Gasteiger partial charge is 0.385 e. The SMILES string of the molecule is CNc1c(C2CCN(C)C2)n[nH]c1C. The van der Waals surface area contributed by atoms with Crippen molar-refractivity contribution in [2.75, 3.05) is 32.5 Å². The lowest BCUT2D eigenvalue weighted by Gasteiger charge is -2.10. The van der Waals surface area contributed by atoms with Crippen LogP contribution in [0.1, 0.15) is 23.7 Å². The highest BCUT2D eigenvalue weighted by Gasteiger charge is 2.25. The van der Waals surface area contributed by atoms with Crippen LogP contribution in [0.5, 0.6) is 0 Å². The van der Waals surface area contributed by atoms with Gasteiger partial charge in [-0.1, -0.05) is 0 Å². The molecular formula is C10H18N4. The lowest BCUT2D eigenvalue weighted by Crippen LogP contribution is -2.13. The molecule has 14 heavy (non-hydrogen) atoms. The fourth-order valence-corrected chi connectivity index (χ4v) is 2.22. The molecule has 1 aromatic heterocycles. The molecule has 2 rings (SSSR count). The molecule has 1 saturated heterocycles. The van der Waals surface area contributed by atoms with Gasteiger partial charge in [0, 0.05) is 19.5 Å². The molecule has 1 atom stereocenters. The van der Waals surface area contributed by atoms with Gasteiger partial charge in [-0.25, -0.2) is 0 Å². The van der Waals surface area contributed by atoms with Crippen molar-refractivity contribution in [2.45, 2.75) is 19.3 Å². The molecule has 1 fully saturated rings. The molecule has 2 heterocycles. The number of nitrogens with zero attached hydrogens (tertiary/aromatic N) is 2. The van der Waals surface area contributed by atoms with Crippen molar-refractivity contribution in [3.05, 3.63) is 11.4 Å². The van der Waals surface area contributed by atoms with Crippen molar-refractivity contribution in [2.24, 2.45) is 0 Å². The molecule has 0 saturated carbocycles. The van der Waals surface area contributed by atoms with Crippen LogP contribution in [0.2, 0.25) is 0 Å². The van der Waals surface area contributed by atoms with E-state index in [1.54, 1.807) is 0 Å². The van der Waals surface area contributed by atoms with E-state index < -0.39 is 0 Å². The van der Waals surface area contributed by atoms with E-state index >= 15 is 0 Å². The van der Waals surface area contributed by atoms with E-state index in [0.29, 0.717) is 5.92 Å². The molecule has 4 nitrogen and oxygen atoms in total. The lowest BCUT2D eigenvalue weighted by molar-refractivity contribution is 0.411. The standard InChI is InChI=1S/C10H18N4/c1-7-9(11-2)10(13-12-7)8-4-5-14(3)6-8/h8,11H,4-6H2,1-3H3,(H,12,13). The van der Waals surface area contributed by atoms with Gasteiger partial charge in [-0.05, 0) is 26.9 Å². The molecule has 0 aliphatic carbocycles. The topological polar surface area (TPSA) is 44.0 Å². The second-order valence-corrected chi connectivity index (χ2v) is 4.11. The van der Waals surface area contributed by atoms with Crippen molar-refractivity contribution >= 4 is 5.69 Å². The summed E-state index contributed by atoms with van der Waals surface area (Å²) in [6.07, 6.45) is 1.22. The molecule has 1 aliphatic heterocycles. The third-order valence-electron chi connectivity index (χ3n) is 3.00. The monoisotopic (exact) mass is 194 g/mol. The van der Waals surface area contributed by atoms with Gasteiger partial charge in [-0.3, -0.25) is 5.10 Å². The van der Waals surface area contributed by atoms with E-state index in [9.17, 15) is 0 Å². The highest BCUT2D eigenvalue weighted by atomic mass is 15.2. The fourth-order valence-electron chi connectivity index (χ4n) is 2.22. The maximum Gasteiger partial charge on any atom is 0.0900 e. The van der Waals surface area contributed by atoms with Gasteiger partial charge in [0.05, 0.1) is 17.1 Å². The smallest absolute Gasteiger partial charge is 0.0900 e. The molecule has 0 radical (unpaired) electrons. The minimum atomic E-state index is 0.590. The van der Waals surface area contributed by atoms with Gasteiger partial charge in [0.2, 0.25) is 0 Å². The molecule has 0 spiro atoms. The maximum absolute atomic E-state index is 4.39. The van der Waals surface area contributed by atoms with Crippen LogP contribution in [0.4, 0.5) is 5.69 Å². The number of hydrogen-bond donors (Lipinski definition) is 2. The van der Waals surface area contributed by atoms with E-state index in [0.717, 1.165) is 12.2 Å². The molecule has 1 unspecified atom stereocenters. The average Bonchev–Trinajstić information content (AvgIpc) is 2.71. The van der Waals surface area contributed by atoms with Crippen molar-refractivity contribution < 1.29 is 0 Å². The second-order valence-electron chi connectivity index (χ2n) is 4.11. The van der Waals surface area contributed by atoms with Crippen molar-refractivity contribution in [3.63, 3.8) is 0 Å². The Morgan fingerprint density at radius 1 is 1.57 bits per heavy atom. The Bertz CT molecular complexity index is 318. The third kappa shape index (κ3) is 1.50. The van der Waals surface area contributed by atoms with Gasteiger partial charge < -0.3 is 10.2 Å². The zero-order valence-electron chi connectivity index (χ0n) is 9.09. The summed E-state index contributed by atoms with van der Waals surface area (Å²) >= 11 is 0. The Labute approximate surface area is 84.7 Å². The summed E-state index contributed by atoms with van der Waals surface area (Å²) in [7, 11) is 4.12. The first kappa shape index (κ1) is 9.52. The van der Waals surface area contributed by atoms with Crippen LogP contribution in [0.25, 0.3) is 0 Å². The third-order valence-corrected chi connectivity index (χ3v) is 3.00. The van der Waals surface area contributed by atoms with Gasteiger partial charge in [-0.15, -0.1) is 0 Å². The second kappa shape index (κ2) is 3.61. The number of aryl methyl sites for hydroxylation is 1. The number of aromatic amines is 1. The highest BCUT2D eigenvalue weighted by molar-refractivity contribution is 5.53. The summed E-state index contributed by atoms with van der Waals surface area (Å²) in [6.45, 7) is 4.36. The number of hydrogen-bond acceptors (Lipinski definition) is 3. The fraction of sp³-hybridized carbons (Fsp3) is 0.700. The number of likely N-dealkylation sites (tertiary alicyclic amines) is 1. The summed E-state index contributed by atoms with van der Waals surface area (Å²) in [5.74, 6) is 0.590. The number of likely N-dealkylation sites (N-methyl/N-ethyl adjacent to an activating group) is 1. The summed E-state index contributed by atoms with van der Waals surface area (Å²) in [5, 5.41) is 10.7. The quantitative estimate of drug-likeness (QED) is 0.743. The maximum atomic E-state index is 4.39. The van der Waals surface area contributed by atoms with Crippen molar-refractivity contribution in [1.29, 1.82) is 0 Å². The number of anilines is 1. The Morgan fingerprint density at radius 3 is 2.93 bits per heavy atom. The first-order chi connectivity index (χ1) is 6.72. The zero-order valence-corrected chi connectivity index (χ0v) is 9.09. The Morgan fingerprint density at radius 2 is 2.36 bits per heavy atom. The molecule has 0 bridgehead atoms. The van der Waals surface area contributed by atoms with E-state index in [2.05, 4.69) is 34.4 Å². The Kier molecular flexibility index (Phi) is 2.46. The average molecular weight is 194 g/mol. The molecule has 1 aromatic rings. The summed E-state index contributed by atoms with van der Waals surface area (Å²) in [5.41, 5.74) is 3.52. The van der Waals surface area contributed by atoms with Crippen LogP contribution in [-0.4, -0.2) is 42.3 Å². The molecule has 0 amide bonds. The summed E-state index contributed by atoms with van der Waals surface area (Å²) in [6, 6.07) is 0. The van der Waals surface area contributed by atoms with Crippen LogP contribution >= 0.6 is 0 Å². The number of aromatic nitrogens is 2. The van der Waals surface area contributed by atoms with Gasteiger partial charge in [-0.2, -0.15) is 5.10 Å². The van der Waals surface area contributed by atoms with Gasteiger partial charge in [0.1, 0.15) is 0 Å². The Hall–Kier alpha value is -1.03. The molecule has 1 aliphatic rings. The number of nitrogens with one attached hydrogen (secondary N) is 2. The summed E-state index contributed by atoms with van der Waals surface area (Å²) < 4.78 is 0. The van der Waals surface area contributed by atoms with Crippen LogP contribution in [0.3, 0.4) is 0 Å². The van der Waals surface area contributed by atoms with Crippen LogP contribution in [0.15, 0.2) is 0 Å². The highest BCUT2D eigenvalue weighted by Crippen LogP contribution is 2.31. The Balaban J connectivity index is 2.23. The molecule has 0 aromatic carbocycles. The van der Waals surface area contributed by atoms with Crippen molar-refractivity contribution in [3.8, 4) is 0 Å². The van der Waals surface area contributed by atoms with E-state index in [1.807, 2.05) is 7.05 Å². The molecule has 2 N–H and O–H groups in total. The minimum Gasteiger partial charge on any atom is -0.385 e. The molecule has 78 valence electrons. The number of rotatable bonds is 2. The van der Waals surface area contributed by atoms with Gasteiger partial charge in [0.25, 0.3) is 0 Å². The van der Waals surface area contributed by atoms with Gasteiger partial charge in [0.15, 0.2) is 0 Å². The van der Waals surface area contributed by atoms with Crippen LogP contribution < -0.4 is 5.32 Å².